The first kappa shape index (κ1) is 17.9. The minimum atomic E-state index is -3.92. The molecule has 2 aromatic carbocycles. The monoisotopic (exact) mass is 415 g/mol. The van der Waals surface area contributed by atoms with Crippen molar-refractivity contribution in [2.45, 2.75) is 11.8 Å². The number of rotatable bonds is 4. The van der Waals surface area contributed by atoms with E-state index < -0.39 is 10.0 Å². The van der Waals surface area contributed by atoms with Crippen LogP contribution in [0, 0.1) is 0 Å². The third kappa shape index (κ3) is 3.87. The Morgan fingerprint density at radius 3 is 2.64 bits per heavy atom. The second-order valence-corrected chi connectivity index (χ2v) is 8.40. The molecule has 1 aromatic heterocycles. The predicted molar refractivity (Wildman–Crippen MR) is 101 cm³/mol. The summed E-state index contributed by atoms with van der Waals surface area (Å²) >= 11 is 13.0. The highest BCUT2D eigenvalue weighted by Crippen LogP contribution is 2.31. The molecule has 3 rings (SSSR count). The molecule has 6 nitrogen and oxygen atoms in total. The number of benzene rings is 2. The van der Waals surface area contributed by atoms with E-state index >= 15 is 0 Å². The molecule has 25 heavy (non-hydrogen) atoms. The number of nitrogens with zero attached hydrogens (tertiary/aromatic N) is 1. The first-order valence-electron chi connectivity index (χ1n) is 6.91. The SMILES string of the molecule is CC(=O)Nc1nsc2ccc(NS(=O)(=O)c3cc(Cl)ccc3Cl)cc12. The summed E-state index contributed by atoms with van der Waals surface area (Å²) in [5.74, 6) is 0.123. The normalized spacial score (nSPS) is 11.5. The van der Waals surface area contributed by atoms with Crippen LogP contribution in [0.5, 0.6) is 0 Å². The lowest BCUT2D eigenvalue weighted by Crippen LogP contribution is -2.13. The molecule has 0 aliphatic rings. The molecule has 0 radical (unpaired) electrons. The molecule has 0 bridgehead atoms. The van der Waals surface area contributed by atoms with Crippen LogP contribution in [-0.4, -0.2) is 18.7 Å². The van der Waals surface area contributed by atoms with Crippen LogP contribution in [0.3, 0.4) is 0 Å². The van der Waals surface area contributed by atoms with Gasteiger partial charge < -0.3 is 5.32 Å². The maximum atomic E-state index is 12.6. The summed E-state index contributed by atoms with van der Waals surface area (Å²) in [7, 11) is -3.92. The molecule has 1 amide bonds. The first-order chi connectivity index (χ1) is 11.8. The van der Waals surface area contributed by atoms with Gasteiger partial charge in [-0.25, -0.2) is 8.42 Å². The predicted octanol–water partition coefficient (Wildman–Crippen LogP) is 4.36. The summed E-state index contributed by atoms with van der Waals surface area (Å²) < 4.78 is 32.6. The Hall–Kier alpha value is -1.87. The summed E-state index contributed by atoms with van der Waals surface area (Å²) in [6, 6.07) is 9.12. The van der Waals surface area contributed by atoms with E-state index in [1.807, 2.05) is 0 Å². The van der Waals surface area contributed by atoms with Crippen molar-refractivity contribution in [1.29, 1.82) is 0 Å². The average molecular weight is 416 g/mol. The quantitative estimate of drug-likeness (QED) is 0.662. The minimum Gasteiger partial charge on any atom is -0.310 e. The van der Waals surface area contributed by atoms with Crippen LogP contribution in [0.1, 0.15) is 6.92 Å². The van der Waals surface area contributed by atoms with Crippen molar-refractivity contribution in [2.24, 2.45) is 0 Å². The topological polar surface area (TPSA) is 88.2 Å². The number of fused-ring (bicyclic) bond motifs is 1. The Balaban J connectivity index is 1.99. The molecule has 0 unspecified atom stereocenters. The van der Waals surface area contributed by atoms with Crippen LogP contribution in [0.2, 0.25) is 10.0 Å². The minimum absolute atomic E-state index is 0.0640. The zero-order valence-corrected chi connectivity index (χ0v) is 15.9. The van der Waals surface area contributed by atoms with Crippen molar-refractivity contribution in [3.63, 3.8) is 0 Å². The number of hydrogen-bond acceptors (Lipinski definition) is 5. The summed E-state index contributed by atoms with van der Waals surface area (Å²) in [5, 5.41) is 3.57. The Morgan fingerprint density at radius 1 is 1.16 bits per heavy atom. The van der Waals surface area contributed by atoms with Gasteiger partial charge in [-0.2, -0.15) is 4.37 Å². The Labute approximate surface area is 158 Å². The Kier molecular flexibility index (Phi) is 4.88. The van der Waals surface area contributed by atoms with Crippen LogP contribution < -0.4 is 10.0 Å². The van der Waals surface area contributed by atoms with E-state index in [0.717, 1.165) is 4.70 Å². The number of halogens is 2. The van der Waals surface area contributed by atoms with Gasteiger partial charge in [0.15, 0.2) is 5.82 Å². The van der Waals surface area contributed by atoms with Gasteiger partial charge in [0.2, 0.25) is 5.91 Å². The summed E-state index contributed by atoms with van der Waals surface area (Å²) in [4.78, 5) is 11.1. The number of amides is 1. The second-order valence-electron chi connectivity index (χ2n) is 5.10. The van der Waals surface area contributed by atoms with E-state index in [9.17, 15) is 13.2 Å². The van der Waals surface area contributed by atoms with Crippen molar-refractivity contribution in [3.05, 3.63) is 46.4 Å². The summed E-state index contributed by atoms with van der Waals surface area (Å²) in [6.07, 6.45) is 0. The van der Waals surface area contributed by atoms with Crippen LogP contribution in [0.25, 0.3) is 10.1 Å². The fourth-order valence-corrected chi connectivity index (χ4v) is 4.68. The van der Waals surface area contributed by atoms with Crippen molar-refractivity contribution >= 4 is 72.3 Å². The van der Waals surface area contributed by atoms with E-state index in [1.54, 1.807) is 18.2 Å². The molecule has 0 saturated carbocycles. The zero-order chi connectivity index (χ0) is 18.2. The highest BCUT2D eigenvalue weighted by Gasteiger charge is 2.19. The van der Waals surface area contributed by atoms with Gasteiger partial charge in [-0.3, -0.25) is 9.52 Å². The fraction of sp³-hybridized carbons (Fsp3) is 0.0667. The van der Waals surface area contributed by atoms with Crippen molar-refractivity contribution in [1.82, 2.24) is 4.37 Å². The third-order valence-corrected chi connectivity index (χ3v) is 6.12. The van der Waals surface area contributed by atoms with E-state index in [2.05, 4.69) is 14.4 Å². The van der Waals surface area contributed by atoms with Gasteiger partial charge in [-0.1, -0.05) is 23.2 Å². The van der Waals surface area contributed by atoms with Crippen LogP contribution >= 0.6 is 34.7 Å². The second kappa shape index (κ2) is 6.80. The van der Waals surface area contributed by atoms with Crippen LogP contribution in [0.15, 0.2) is 41.3 Å². The Bertz CT molecular complexity index is 1080. The lowest BCUT2D eigenvalue weighted by atomic mass is 10.2. The van der Waals surface area contributed by atoms with E-state index in [4.69, 9.17) is 23.2 Å². The number of carbonyl (C=O) groups excluding carboxylic acids is 1. The van der Waals surface area contributed by atoms with Gasteiger partial charge in [-0.05, 0) is 47.9 Å². The fourth-order valence-electron chi connectivity index (χ4n) is 2.15. The molecule has 0 saturated heterocycles. The van der Waals surface area contributed by atoms with Gasteiger partial charge >= 0.3 is 0 Å². The number of hydrogen-bond donors (Lipinski definition) is 2. The number of sulfonamides is 1. The Morgan fingerprint density at radius 2 is 1.92 bits per heavy atom. The van der Waals surface area contributed by atoms with Crippen molar-refractivity contribution in [2.75, 3.05) is 10.0 Å². The maximum absolute atomic E-state index is 12.6. The van der Waals surface area contributed by atoms with Gasteiger partial charge in [0.05, 0.1) is 9.72 Å². The van der Waals surface area contributed by atoms with Crippen LogP contribution in [0.4, 0.5) is 11.5 Å². The van der Waals surface area contributed by atoms with E-state index in [-0.39, 0.29) is 20.8 Å². The molecular weight excluding hydrogens is 405 g/mol. The largest absolute Gasteiger partial charge is 0.310 e. The molecule has 10 heteroatoms. The molecule has 0 atom stereocenters. The maximum Gasteiger partial charge on any atom is 0.263 e. The smallest absolute Gasteiger partial charge is 0.263 e. The van der Waals surface area contributed by atoms with Crippen molar-refractivity contribution in [3.8, 4) is 0 Å². The van der Waals surface area contributed by atoms with E-state index in [0.29, 0.717) is 16.9 Å². The molecular formula is C15H11Cl2N3O3S2. The lowest BCUT2D eigenvalue weighted by Gasteiger charge is -2.10. The lowest BCUT2D eigenvalue weighted by molar-refractivity contribution is -0.114. The first-order valence-corrected chi connectivity index (χ1v) is 9.92. The standard InChI is InChI=1S/C15H11Cl2N3O3S2/c1-8(21)18-15-11-7-10(3-5-13(11)24-19-15)20-25(22,23)14-6-9(16)2-4-12(14)17/h2-7,20H,1H3,(H,18,19,21). The number of carbonyl (C=O) groups is 1. The molecule has 0 spiro atoms. The van der Waals surface area contributed by atoms with Crippen LogP contribution in [-0.2, 0) is 14.8 Å². The highest BCUT2D eigenvalue weighted by molar-refractivity contribution is 7.92. The average Bonchev–Trinajstić information content (AvgIpc) is 2.91. The van der Waals surface area contributed by atoms with Crippen molar-refractivity contribution < 1.29 is 13.2 Å². The number of aromatic nitrogens is 1. The zero-order valence-electron chi connectivity index (χ0n) is 12.7. The molecule has 1 heterocycles. The molecule has 3 aromatic rings. The molecule has 0 aliphatic heterocycles. The summed E-state index contributed by atoms with van der Waals surface area (Å²) in [6.45, 7) is 1.37. The summed E-state index contributed by atoms with van der Waals surface area (Å²) in [5.41, 5.74) is 0.315. The van der Waals surface area contributed by atoms with E-state index in [1.165, 1.54) is 36.7 Å². The van der Waals surface area contributed by atoms with Gasteiger partial charge in [0.1, 0.15) is 4.90 Å². The molecule has 130 valence electrons. The molecule has 2 N–H and O–H groups in total. The number of nitrogens with one attached hydrogen (secondary N) is 2. The molecule has 0 aliphatic carbocycles. The number of anilines is 2. The van der Waals surface area contributed by atoms with Gasteiger partial charge in [-0.15, -0.1) is 0 Å². The third-order valence-electron chi connectivity index (χ3n) is 3.20. The van der Waals surface area contributed by atoms with Gasteiger partial charge in [0.25, 0.3) is 10.0 Å². The molecule has 0 fully saturated rings. The highest BCUT2D eigenvalue weighted by atomic mass is 35.5. The van der Waals surface area contributed by atoms with Gasteiger partial charge in [0, 0.05) is 23.0 Å².